The van der Waals surface area contributed by atoms with Gasteiger partial charge in [0.2, 0.25) is 5.91 Å². The van der Waals surface area contributed by atoms with E-state index in [2.05, 4.69) is 10.3 Å². The fourth-order valence-corrected chi connectivity index (χ4v) is 3.54. The molecule has 7 heteroatoms. The Morgan fingerprint density at radius 2 is 2.07 bits per heavy atom. The van der Waals surface area contributed by atoms with Gasteiger partial charge in [0, 0.05) is 31.5 Å². The minimum absolute atomic E-state index is 0.0315. The SMILES string of the molecule is N#Cc1ccc(Cn2cncc2CN[C@@H]2CCN(c3ccccc3)C2=O)cc1F. The molecule has 1 saturated heterocycles. The fourth-order valence-electron chi connectivity index (χ4n) is 3.54. The Morgan fingerprint density at radius 1 is 1.24 bits per heavy atom. The monoisotopic (exact) mass is 389 g/mol. The average molecular weight is 389 g/mol. The Balaban J connectivity index is 1.39. The second-order valence-corrected chi connectivity index (χ2v) is 6.99. The maximum absolute atomic E-state index is 13.8. The Bertz CT molecular complexity index is 1060. The number of carbonyl (C=O) groups excluding carboxylic acids is 1. The normalized spacial score (nSPS) is 16.2. The molecule has 2 aromatic carbocycles. The van der Waals surface area contributed by atoms with E-state index in [9.17, 15) is 9.18 Å². The number of aromatic nitrogens is 2. The summed E-state index contributed by atoms with van der Waals surface area (Å²) in [5.74, 6) is -0.459. The van der Waals surface area contributed by atoms with E-state index in [1.807, 2.05) is 41.0 Å². The molecule has 1 aromatic heterocycles. The molecule has 0 aliphatic carbocycles. The quantitative estimate of drug-likeness (QED) is 0.704. The van der Waals surface area contributed by atoms with Crippen molar-refractivity contribution in [1.29, 1.82) is 5.26 Å². The zero-order chi connectivity index (χ0) is 20.2. The van der Waals surface area contributed by atoms with Crippen molar-refractivity contribution in [3.8, 4) is 6.07 Å². The number of carbonyl (C=O) groups is 1. The van der Waals surface area contributed by atoms with Crippen LogP contribution >= 0.6 is 0 Å². The molecule has 1 aliphatic rings. The van der Waals surface area contributed by atoms with Crippen LogP contribution in [0.25, 0.3) is 0 Å². The number of amides is 1. The standard InChI is InChI=1S/C22H20FN5O/c23-20-10-16(6-7-17(20)11-24)14-27-15-25-12-19(27)13-26-21-8-9-28(22(21)29)18-4-2-1-3-5-18/h1-7,10,12,15,21,26H,8-9,13-14H2/t21-/m1/s1. The average Bonchev–Trinajstić information content (AvgIpc) is 3.33. The number of imidazole rings is 1. The molecule has 0 unspecified atom stereocenters. The summed E-state index contributed by atoms with van der Waals surface area (Å²) < 4.78 is 15.8. The molecule has 6 nitrogen and oxygen atoms in total. The van der Waals surface area contributed by atoms with Crippen molar-refractivity contribution >= 4 is 11.6 Å². The summed E-state index contributed by atoms with van der Waals surface area (Å²) >= 11 is 0. The molecule has 29 heavy (non-hydrogen) atoms. The van der Waals surface area contributed by atoms with Crippen LogP contribution in [-0.2, 0) is 17.9 Å². The highest BCUT2D eigenvalue weighted by atomic mass is 19.1. The number of para-hydroxylation sites is 1. The fraction of sp³-hybridized carbons (Fsp3) is 0.227. The number of nitriles is 1. The van der Waals surface area contributed by atoms with Crippen molar-refractivity contribution in [3.05, 3.63) is 83.7 Å². The van der Waals surface area contributed by atoms with E-state index in [0.717, 1.165) is 23.4 Å². The van der Waals surface area contributed by atoms with Gasteiger partial charge in [-0.2, -0.15) is 5.26 Å². The minimum atomic E-state index is -0.526. The van der Waals surface area contributed by atoms with Gasteiger partial charge in [0.1, 0.15) is 11.9 Å². The van der Waals surface area contributed by atoms with Crippen molar-refractivity contribution in [2.24, 2.45) is 0 Å². The van der Waals surface area contributed by atoms with Crippen LogP contribution in [0.2, 0.25) is 0 Å². The third-order valence-electron chi connectivity index (χ3n) is 5.11. The van der Waals surface area contributed by atoms with Crippen LogP contribution in [-0.4, -0.2) is 28.0 Å². The Labute approximate surface area is 168 Å². The van der Waals surface area contributed by atoms with Crippen LogP contribution < -0.4 is 10.2 Å². The van der Waals surface area contributed by atoms with Gasteiger partial charge in [0.05, 0.1) is 23.6 Å². The van der Waals surface area contributed by atoms with Gasteiger partial charge in [0.15, 0.2) is 0 Å². The highest BCUT2D eigenvalue weighted by Crippen LogP contribution is 2.21. The lowest BCUT2D eigenvalue weighted by Crippen LogP contribution is -2.38. The molecule has 1 N–H and O–H groups in total. The van der Waals surface area contributed by atoms with Gasteiger partial charge in [-0.05, 0) is 36.2 Å². The zero-order valence-corrected chi connectivity index (χ0v) is 15.8. The molecule has 0 bridgehead atoms. The first-order valence-corrected chi connectivity index (χ1v) is 9.43. The molecule has 1 amide bonds. The largest absolute Gasteiger partial charge is 0.329 e. The number of nitrogens with zero attached hydrogens (tertiary/aromatic N) is 4. The summed E-state index contributed by atoms with van der Waals surface area (Å²) in [6.07, 6.45) is 4.16. The summed E-state index contributed by atoms with van der Waals surface area (Å²) in [5, 5.41) is 12.2. The number of rotatable bonds is 6. The Hall–Kier alpha value is -3.50. The topological polar surface area (TPSA) is 74.0 Å². The molecule has 146 valence electrons. The van der Waals surface area contributed by atoms with E-state index in [4.69, 9.17) is 5.26 Å². The Kier molecular flexibility index (Phi) is 5.36. The lowest BCUT2D eigenvalue weighted by Gasteiger charge is -2.17. The molecule has 1 aliphatic heterocycles. The molecule has 0 radical (unpaired) electrons. The number of anilines is 1. The first kappa shape index (κ1) is 18.8. The van der Waals surface area contributed by atoms with Crippen LogP contribution in [0.1, 0.15) is 23.2 Å². The number of hydrogen-bond acceptors (Lipinski definition) is 4. The van der Waals surface area contributed by atoms with E-state index in [1.54, 1.807) is 23.5 Å². The van der Waals surface area contributed by atoms with Gasteiger partial charge in [-0.1, -0.05) is 24.3 Å². The molecule has 4 rings (SSSR count). The first-order chi connectivity index (χ1) is 14.2. The summed E-state index contributed by atoms with van der Waals surface area (Å²) in [5.41, 5.74) is 2.59. The van der Waals surface area contributed by atoms with Gasteiger partial charge >= 0.3 is 0 Å². The molecule has 0 saturated carbocycles. The summed E-state index contributed by atoms with van der Waals surface area (Å²) in [7, 11) is 0. The van der Waals surface area contributed by atoms with Crippen molar-refractivity contribution < 1.29 is 9.18 Å². The molecular weight excluding hydrogens is 369 g/mol. The molecule has 2 heterocycles. The number of halogens is 1. The van der Waals surface area contributed by atoms with E-state index in [0.29, 0.717) is 19.6 Å². The predicted octanol–water partition coefficient (Wildman–Crippen LogP) is 2.84. The smallest absolute Gasteiger partial charge is 0.244 e. The summed E-state index contributed by atoms with van der Waals surface area (Å²) in [6.45, 7) is 1.61. The van der Waals surface area contributed by atoms with E-state index < -0.39 is 5.82 Å². The molecule has 1 fully saturated rings. The zero-order valence-electron chi connectivity index (χ0n) is 15.8. The van der Waals surface area contributed by atoms with Crippen LogP contribution in [0.3, 0.4) is 0 Å². The maximum atomic E-state index is 13.8. The number of benzene rings is 2. The third kappa shape index (κ3) is 4.03. The minimum Gasteiger partial charge on any atom is -0.329 e. The number of nitrogens with one attached hydrogen (secondary N) is 1. The van der Waals surface area contributed by atoms with E-state index in [1.165, 1.54) is 12.1 Å². The van der Waals surface area contributed by atoms with Crippen molar-refractivity contribution in [2.45, 2.75) is 25.6 Å². The van der Waals surface area contributed by atoms with E-state index in [-0.39, 0.29) is 17.5 Å². The molecule has 3 aromatic rings. The van der Waals surface area contributed by atoms with Crippen LogP contribution in [0, 0.1) is 17.1 Å². The van der Waals surface area contributed by atoms with E-state index >= 15 is 0 Å². The van der Waals surface area contributed by atoms with Gasteiger partial charge in [0.25, 0.3) is 0 Å². The first-order valence-electron chi connectivity index (χ1n) is 9.43. The highest BCUT2D eigenvalue weighted by Gasteiger charge is 2.32. The van der Waals surface area contributed by atoms with Crippen molar-refractivity contribution in [2.75, 3.05) is 11.4 Å². The lowest BCUT2D eigenvalue weighted by molar-refractivity contribution is -0.118. The van der Waals surface area contributed by atoms with Crippen molar-refractivity contribution in [1.82, 2.24) is 14.9 Å². The summed E-state index contributed by atoms with van der Waals surface area (Å²) in [6, 6.07) is 15.8. The van der Waals surface area contributed by atoms with Gasteiger partial charge in [-0.3, -0.25) is 4.79 Å². The summed E-state index contributed by atoms with van der Waals surface area (Å²) in [4.78, 5) is 18.7. The molecular formula is C22H20FN5O. The molecule has 0 spiro atoms. The van der Waals surface area contributed by atoms with Crippen LogP contribution in [0.15, 0.2) is 61.1 Å². The molecule has 1 atom stereocenters. The van der Waals surface area contributed by atoms with Crippen molar-refractivity contribution in [3.63, 3.8) is 0 Å². The van der Waals surface area contributed by atoms with Gasteiger partial charge < -0.3 is 14.8 Å². The van der Waals surface area contributed by atoms with Gasteiger partial charge in [-0.15, -0.1) is 0 Å². The Morgan fingerprint density at radius 3 is 2.83 bits per heavy atom. The predicted molar refractivity (Wildman–Crippen MR) is 106 cm³/mol. The highest BCUT2D eigenvalue weighted by molar-refractivity contribution is 5.99. The second-order valence-electron chi connectivity index (χ2n) is 6.99. The van der Waals surface area contributed by atoms with Crippen LogP contribution in [0.4, 0.5) is 10.1 Å². The van der Waals surface area contributed by atoms with Gasteiger partial charge in [-0.25, -0.2) is 9.37 Å². The number of hydrogen-bond donors (Lipinski definition) is 1. The maximum Gasteiger partial charge on any atom is 0.244 e. The second kappa shape index (κ2) is 8.25. The third-order valence-corrected chi connectivity index (χ3v) is 5.11. The van der Waals surface area contributed by atoms with Crippen LogP contribution in [0.5, 0.6) is 0 Å². The lowest BCUT2D eigenvalue weighted by atomic mass is 10.1.